The second kappa shape index (κ2) is 8.76. The highest BCUT2D eigenvalue weighted by molar-refractivity contribution is 14.0. The summed E-state index contributed by atoms with van der Waals surface area (Å²) in [7, 11) is 2.06. The zero-order chi connectivity index (χ0) is 15.2. The first kappa shape index (κ1) is 17.6. The molecule has 1 aliphatic heterocycles. The van der Waals surface area contributed by atoms with Gasteiger partial charge in [0.05, 0.1) is 6.54 Å². The third-order valence-electron chi connectivity index (χ3n) is 3.65. The standard InChI is InChI=1S/C18H21N3O.HI/c1-21-11-10-19-18(21)20-13-15-6-5-7-16(12-15)14-22-17-8-3-2-4-9-17;/h2-9,12H,10-11,13-14H2,1H3,(H,19,20);1H. The lowest BCUT2D eigenvalue weighted by Gasteiger charge is -2.15. The van der Waals surface area contributed by atoms with Crippen molar-refractivity contribution in [1.82, 2.24) is 10.2 Å². The first-order chi connectivity index (χ1) is 10.8. The van der Waals surface area contributed by atoms with Gasteiger partial charge in [-0.25, -0.2) is 0 Å². The lowest BCUT2D eigenvalue weighted by Crippen LogP contribution is -2.35. The van der Waals surface area contributed by atoms with Gasteiger partial charge in [-0.3, -0.25) is 4.99 Å². The van der Waals surface area contributed by atoms with Gasteiger partial charge >= 0.3 is 0 Å². The Balaban J connectivity index is 0.00000192. The van der Waals surface area contributed by atoms with Crippen LogP contribution in [0.3, 0.4) is 0 Å². The fourth-order valence-corrected chi connectivity index (χ4v) is 2.42. The quantitative estimate of drug-likeness (QED) is 0.751. The maximum atomic E-state index is 5.79. The fourth-order valence-electron chi connectivity index (χ4n) is 2.42. The largest absolute Gasteiger partial charge is 0.489 e. The minimum absolute atomic E-state index is 0. The zero-order valence-electron chi connectivity index (χ0n) is 13.2. The van der Waals surface area contributed by atoms with Crippen molar-refractivity contribution in [3.63, 3.8) is 0 Å². The number of guanidine groups is 1. The van der Waals surface area contributed by atoms with E-state index in [1.54, 1.807) is 0 Å². The minimum atomic E-state index is 0. The number of hydrogen-bond acceptors (Lipinski definition) is 4. The Kier molecular flexibility index (Phi) is 6.70. The SMILES string of the molecule is CN1CCN=C1NCc1cccc(COc2ccccc2)c1.I. The van der Waals surface area contributed by atoms with E-state index < -0.39 is 0 Å². The number of nitrogens with zero attached hydrogens (tertiary/aromatic N) is 2. The van der Waals surface area contributed by atoms with E-state index in [9.17, 15) is 0 Å². The normalized spacial score (nSPS) is 13.3. The summed E-state index contributed by atoms with van der Waals surface area (Å²) < 4.78 is 5.79. The Morgan fingerprint density at radius 3 is 2.61 bits per heavy atom. The number of hydrogen-bond donors (Lipinski definition) is 1. The van der Waals surface area contributed by atoms with Crippen LogP contribution in [0, 0.1) is 0 Å². The number of rotatable bonds is 5. The van der Waals surface area contributed by atoms with E-state index in [4.69, 9.17) is 4.74 Å². The van der Waals surface area contributed by atoms with Crippen molar-refractivity contribution in [2.45, 2.75) is 13.2 Å². The van der Waals surface area contributed by atoms with Crippen LogP contribution in [0.1, 0.15) is 11.1 Å². The summed E-state index contributed by atoms with van der Waals surface area (Å²) >= 11 is 0. The second-order valence-corrected chi connectivity index (χ2v) is 5.40. The van der Waals surface area contributed by atoms with Crippen molar-refractivity contribution >= 4 is 29.9 Å². The van der Waals surface area contributed by atoms with E-state index in [2.05, 4.69) is 46.5 Å². The summed E-state index contributed by atoms with van der Waals surface area (Å²) in [5.74, 6) is 1.87. The number of nitrogens with one attached hydrogen (secondary N) is 1. The lowest BCUT2D eigenvalue weighted by atomic mass is 10.1. The van der Waals surface area contributed by atoms with Crippen molar-refractivity contribution in [3.8, 4) is 5.75 Å². The minimum Gasteiger partial charge on any atom is -0.489 e. The molecule has 2 aromatic carbocycles. The molecule has 1 aliphatic rings. The van der Waals surface area contributed by atoms with E-state index in [0.29, 0.717) is 6.61 Å². The summed E-state index contributed by atoms with van der Waals surface area (Å²) in [6, 6.07) is 18.3. The van der Waals surface area contributed by atoms with E-state index in [0.717, 1.165) is 31.3 Å². The monoisotopic (exact) mass is 423 g/mol. The third-order valence-corrected chi connectivity index (χ3v) is 3.65. The van der Waals surface area contributed by atoms with E-state index in [-0.39, 0.29) is 24.0 Å². The molecular formula is C18H22IN3O. The van der Waals surface area contributed by atoms with Gasteiger partial charge in [-0.15, -0.1) is 24.0 Å². The summed E-state index contributed by atoms with van der Waals surface area (Å²) in [5, 5.41) is 3.38. The molecule has 0 atom stereocenters. The van der Waals surface area contributed by atoms with Crippen LogP contribution >= 0.6 is 24.0 Å². The van der Waals surface area contributed by atoms with Crippen LogP contribution in [-0.2, 0) is 13.2 Å². The second-order valence-electron chi connectivity index (χ2n) is 5.40. The van der Waals surface area contributed by atoms with Crippen molar-refractivity contribution in [3.05, 3.63) is 65.7 Å². The Morgan fingerprint density at radius 2 is 1.87 bits per heavy atom. The summed E-state index contributed by atoms with van der Waals surface area (Å²) in [4.78, 5) is 6.58. The number of benzene rings is 2. The molecule has 4 nitrogen and oxygen atoms in total. The molecule has 0 saturated carbocycles. The van der Waals surface area contributed by atoms with Crippen molar-refractivity contribution in [1.29, 1.82) is 0 Å². The first-order valence-electron chi connectivity index (χ1n) is 7.56. The van der Waals surface area contributed by atoms with Gasteiger partial charge < -0.3 is 15.0 Å². The van der Waals surface area contributed by atoms with E-state index in [1.807, 2.05) is 30.3 Å². The molecule has 2 aromatic rings. The van der Waals surface area contributed by atoms with E-state index in [1.165, 1.54) is 11.1 Å². The topological polar surface area (TPSA) is 36.9 Å². The smallest absolute Gasteiger partial charge is 0.194 e. The Labute approximate surface area is 154 Å². The number of ether oxygens (including phenoxy) is 1. The van der Waals surface area contributed by atoms with Gasteiger partial charge in [0, 0.05) is 20.1 Å². The molecule has 5 heteroatoms. The highest BCUT2D eigenvalue weighted by atomic mass is 127. The molecule has 0 aromatic heterocycles. The highest BCUT2D eigenvalue weighted by Gasteiger charge is 2.11. The van der Waals surface area contributed by atoms with Crippen LogP contribution in [0.5, 0.6) is 5.75 Å². The van der Waals surface area contributed by atoms with Gasteiger partial charge in [0.2, 0.25) is 0 Å². The van der Waals surface area contributed by atoms with Gasteiger partial charge in [0.25, 0.3) is 0 Å². The van der Waals surface area contributed by atoms with Gasteiger partial charge in [-0.05, 0) is 23.3 Å². The fraction of sp³-hybridized carbons (Fsp3) is 0.278. The van der Waals surface area contributed by atoms with Crippen molar-refractivity contribution < 1.29 is 4.74 Å². The summed E-state index contributed by atoms with van der Waals surface area (Å²) in [6.07, 6.45) is 0. The Bertz CT molecular complexity index is 646. The van der Waals surface area contributed by atoms with Crippen LogP contribution < -0.4 is 10.1 Å². The molecule has 0 saturated heterocycles. The van der Waals surface area contributed by atoms with Gasteiger partial charge in [-0.1, -0.05) is 42.5 Å². The van der Waals surface area contributed by atoms with E-state index >= 15 is 0 Å². The molecule has 1 heterocycles. The number of para-hydroxylation sites is 1. The highest BCUT2D eigenvalue weighted by Crippen LogP contribution is 2.13. The summed E-state index contributed by atoms with van der Waals surface area (Å²) in [5.41, 5.74) is 2.40. The predicted molar refractivity (Wildman–Crippen MR) is 104 cm³/mol. The molecule has 0 fully saturated rings. The first-order valence-corrected chi connectivity index (χ1v) is 7.56. The van der Waals surface area contributed by atoms with Gasteiger partial charge in [0.15, 0.2) is 5.96 Å². The molecule has 23 heavy (non-hydrogen) atoms. The van der Waals surface area contributed by atoms with Crippen molar-refractivity contribution in [2.24, 2.45) is 4.99 Å². The molecule has 0 amide bonds. The molecule has 3 rings (SSSR count). The molecular weight excluding hydrogens is 401 g/mol. The van der Waals surface area contributed by atoms with Crippen LogP contribution in [0.25, 0.3) is 0 Å². The average molecular weight is 423 g/mol. The average Bonchev–Trinajstić information content (AvgIpc) is 2.98. The molecule has 0 radical (unpaired) electrons. The van der Waals surface area contributed by atoms with Gasteiger partial charge in [-0.2, -0.15) is 0 Å². The third kappa shape index (κ3) is 5.13. The van der Waals surface area contributed by atoms with Crippen LogP contribution in [-0.4, -0.2) is 31.0 Å². The zero-order valence-corrected chi connectivity index (χ0v) is 15.6. The van der Waals surface area contributed by atoms with Crippen molar-refractivity contribution in [2.75, 3.05) is 20.1 Å². The van der Waals surface area contributed by atoms with Crippen LogP contribution in [0.4, 0.5) is 0 Å². The maximum Gasteiger partial charge on any atom is 0.194 e. The van der Waals surface area contributed by atoms with Gasteiger partial charge in [0.1, 0.15) is 12.4 Å². The molecule has 0 unspecified atom stereocenters. The maximum absolute atomic E-state index is 5.79. The summed E-state index contributed by atoms with van der Waals surface area (Å²) in [6.45, 7) is 3.23. The molecule has 0 spiro atoms. The van der Waals surface area contributed by atoms with Crippen LogP contribution in [0.15, 0.2) is 59.6 Å². The molecule has 122 valence electrons. The van der Waals surface area contributed by atoms with Crippen LogP contribution in [0.2, 0.25) is 0 Å². The number of aliphatic imine (C=N–C) groups is 1. The Morgan fingerprint density at radius 1 is 1.09 bits per heavy atom. The number of halogens is 1. The molecule has 1 N–H and O–H groups in total. The molecule has 0 aliphatic carbocycles. The molecule has 0 bridgehead atoms. The Hall–Kier alpha value is -1.76. The number of likely N-dealkylation sites (N-methyl/N-ethyl adjacent to an activating group) is 1. The lowest BCUT2D eigenvalue weighted by molar-refractivity contribution is 0.306. The predicted octanol–water partition coefficient (Wildman–Crippen LogP) is 3.27.